The highest BCUT2D eigenvalue weighted by Crippen LogP contribution is 2.37. The monoisotopic (exact) mass is 468 g/mol. The normalized spacial score (nSPS) is 13.7. The number of carbonyl (C=O) groups excluding carboxylic acids is 2. The number of benzene rings is 4. The average Bonchev–Trinajstić information content (AvgIpc) is 3.09. The maximum atomic E-state index is 13.7. The lowest BCUT2D eigenvalue weighted by Crippen LogP contribution is -2.32. The highest BCUT2D eigenvalue weighted by atomic mass is 35.5. The van der Waals surface area contributed by atoms with Gasteiger partial charge in [0.15, 0.2) is 0 Å². The number of anilines is 2. The number of hydrogen-bond donors (Lipinski definition) is 1. The zero-order chi connectivity index (χ0) is 23.8. The Labute approximate surface area is 202 Å². The molecule has 0 aromatic heterocycles. The summed E-state index contributed by atoms with van der Waals surface area (Å²) >= 11 is 6.30. The quantitative estimate of drug-likeness (QED) is 0.354. The predicted molar refractivity (Wildman–Crippen MR) is 136 cm³/mol. The number of hydrogen-bond acceptors (Lipinski definition) is 4. The fourth-order valence-electron chi connectivity index (χ4n) is 4.13. The third-order valence-electron chi connectivity index (χ3n) is 5.87. The van der Waals surface area contributed by atoms with Crippen molar-refractivity contribution in [1.29, 1.82) is 0 Å². The maximum Gasteiger partial charge on any atom is 0.282 e. The van der Waals surface area contributed by atoms with E-state index in [1.54, 1.807) is 18.2 Å². The van der Waals surface area contributed by atoms with Crippen LogP contribution in [0.15, 0.2) is 90.6 Å². The molecule has 2 amide bonds. The highest BCUT2D eigenvalue weighted by Gasteiger charge is 2.40. The minimum absolute atomic E-state index is 0.220. The summed E-state index contributed by atoms with van der Waals surface area (Å²) in [6.45, 7) is 1.97. The Morgan fingerprint density at radius 2 is 1.59 bits per heavy atom. The van der Waals surface area contributed by atoms with Crippen LogP contribution in [0.3, 0.4) is 0 Å². The molecule has 0 bridgehead atoms. The van der Waals surface area contributed by atoms with Crippen molar-refractivity contribution < 1.29 is 14.3 Å². The van der Waals surface area contributed by atoms with Crippen molar-refractivity contribution in [2.75, 3.05) is 17.3 Å². The molecule has 0 saturated carbocycles. The van der Waals surface area contributed by atoms with Crippen LogP contribution >= 0.6 is 11.6 Å². The fourth-order valence-corrected chi connectivity index (χ4v) is 4.38. The standard InChI is InChI=1S/C28H21ClN2O3/c1-17-10-12-19(13-11-17)25-26(30-23-9-5-7-18-6-3-4-8-21(18)23)28(33)31(27(25)32)20-14-15-24(34-2)22(29)16-20/h3-16,30H,1-2H3. The van der Waals surface area contributed by atoms with Gasteiger partial charge in [-0.3, -0.25) is 9.59 Å². The first-order chi connectivity index (χ1) is 16.5. The van der Waals surface area contributed by atoms with Crippen LogP contribution in [0.2, 0.25) is 5.02 Å². The number of carbonyl (C=O) groups is 2. The van der Waals surface area contributed by atoms with Crippen molar-refractivity contribution in [2.24, 2.45) is 0 Å². The van der Waals surface area contributed by atoms with Crippen LogP contribution in [-0.4, -0.2) is 18.9 Å². The Morgan fingerprint density at radius 3 is 2.32 bits per heavy atom. The molecule has 6 heteroatoms. The summed E-state index contributed by atoms with van der Waals surface area (Å²) in [7, 11) is 1.51. The zero-order valence-corrected chi connectivity index (χ0v) is 19.4. The minimum atomic E-state index is -0.449. The van der Waals surface area contributed by atoms with Crippen molar-refractivity contribution in [1.82, 2.24) is 0 Å². The summed E-state index contributed by atoms with van der Waals surface area (Å²) in [5.41, 5.74) is 3.37. The second-order valence-corrected chi connectivity index (χ2v) is 8.44. The fraction of sp³-hybridized carbons (Fsp3) is 0.0714. The largest absolute Gasteiger partial charge is 0.495 e. The molecule has 1 aliphatic rings. The number of nitrogens with zero attached hydrogens (tertiary/aromatic N) is 1. The van der Waals surface area contributed by atoms with Crippen LogP contribution in [-0.2, 0) is 9.59 Å². The smallest absolute Gasteiger partial charge is 0.282 e. The van der Waals surface area contributed by atoms with Crippen LogP contribution in [0.1, 0.15) is 11.1 Å². The van der Waals surface area contributed by atoms with Gasteiger partial charge in [0.05, 0.1) is 23.4 Å². The van der Waals surface area contributed by atoms with Gasteiger partial charge >= 0.3 is 0 Å². The maximum absolute atomic E-state index is 13.7. The minimum Gasteiger partial charge on any atom is -0.495 e. The van der Waals surface area contributed by atoms with Gasteiger partial charge in [0.25, 0.3) is 11.8 Å². The number of imide groups is 1. The van der Waals surface area contributed by atoms with E-state index in [1.165, 1.54) is 7.11 Å². The third kappa shape index (κ3) is 3.70. The summed E-state index contributed by atoms with van der Waals surface area (Å²) in [5, 5.41) is 5.57. The van der Waals surface area contributed by atoms with Gasteiger partial charge < -0.3 is 10.1 Å². The first-order valence-corrected chi connectivity index (χ1v) is 11.1. The summed E-state index contributed by atoms with van der Waals surface area (Å²) < 4.78 is 5.22. The van der Waals surface area contributed by atoms with E-state index in [9.17, 15) is 9.59 Å². The van der Waals surface area contributed by atoms with E-state index in [-0.39, 0.29) is 5.70 Å². The lowest BCUT2D eigenvalue weighted by molar-refractivity contribution is -0.120. The molecule has 1 heterocycles. The first-order valence-electron chi connectivity index (χ1n) is 10.8. The predicted octanol–water partition coefficient (Wildman–Crippen LogP) is 6.21. The molecule has 1 N–H and O–H groups in total. The third-order valence-corrected chi connectivity index (χ3v) is 6.16. The van der Waals surface area contributed by atoms with Crippen LogP contribution in [0.4, 0.5) is 11.4 Å². The Balaban J connectivity index is 1.64. The molecular formula is C28H21ClN2O3. The number of ether oxygens (including phenoxy) is 1. The lowest BCUT2D eigenvalue weighted by Gasteiger charge is -2.17. The molecule has 4 aromatic rings. The Morgan fingerprint density at radius 1 is 0.853 bits per heavy atom. The molecule has 168 valence electrons. The highest BCUT2D eigenvalue weighted by molar-refractivity contribution is 6.46. The van der Waals surface area contributed by atoms with Crippen LogP contribution in [0.5, 0.6) is 5.75 Å². The molecule has 0 atom stereocenters. The van der Waals surface area contributed by atoms with Crippen LogP contribution < -0.4 is 15.0 Å². The number of aryl methyl sites for hydroxylation is 1. The number of amides is 2. The zero-order valence-electron chi connectivity index (χ0n) is 18.6. The molecular weight excluding hydrogens is 448 g/mol. The van der Waals surface area contributed by atoms with Crippen molar-refractivity contribution in [3.05, 3.63) is 107 Å². The van der Waals surface area contributed by atoms with Gasteiger partial charge in [0.2, 0.25) is 0 Å². The van der Waals surface area contributed by atoms with Gasteiger partial charge in [-0.2, -0.15) is 0 Å². The topological polar surface area (TPSA) is 58.6 Å². The van der Waals surface area contributed by atoms with E-state index in [2.05, 4.69) is 5.32 Å². The van der Waals surface area contributed by atoms with Crippen LogP contribution in [0, 0.1) is 6.92 Å². The SMILES string of the molecule is COc1ccc(N2C(=O)C(Nc3cccc4ccccc34)=C(c3ccc(C)cc3)C2=O)cc1Cl. The van der Waals surface area contributed by atoms with Gasteiger partial charge in [-0.15, -0.1) is 0 Å². The number of nitrogens with one attached hydrogen (secondary N) is 1. The summed E-state index contributed by atoms with van der Waals surface area (Å²) in [6, 6.07) is 26.1. The molecule has 0 radical (unpaired) electrons. The van der Waals surface area contributed by atoms with Crippen LogP contribution in [0.25, 0.3) is 16.3 Å². The summed E-state index contributed by atoms with van der Waals surface area (Å²) in [5.74, 6) is -0.405. The molecule has 0 spiro atoms. The Kier molecular flexibility index (Phi) is 5.56. The second-order valence-electron chi connectivity index (χ2n) is 8.03. The van der Waals surface area contributed by atoms with Gasteiger partial charge in [0.1, 0.15) is 11.4 Å². The van der Waals surface area contributed by atoms with Gasteiger partial charge in [0, 0.05) is 11.1 Å². The van der Waals surface area contributed by atoms with Crippen molar-refractivity contribution in [3.8, 4) is 5.75 Å². The van der Waals surface area contributed by atoms with Crippen molar-refractivity contribution in [2.45, 2.75) is 6.92 Å². The van der Waals surface area contributed by atoms with Crippen molar-refractivity contribution in [3.63, 3.8) is 0 Å². The molecule has 4 aromatic carbocycles. The number of halogens is 1. The van der Waals surface area contributed by atoms with E-state index >= 15 is 0 Å². The van der Waals surface area contributed by atoms with E-state index < -0.39 is 11.8 Å². The molecule has 34 heavy (non-hydrogen) atoms. The van der Waals surface area contributed by atoms with E-state index in [1.807, 2.05) is 73.7 Å². The van der Waals surface area contributed by atoms with E-state index in [4.69, 9.17) is 16.3 Å². The lowest BCUT2D eigenvalue weighted by atomic mass is 10.0. The number of fused-ring (bicyclic) bond motifs is 1. The van der Waals surface area contributed by atoms with Gasteiger partial charge in [-0.25, -0.2) is 4.90 Å². The molecule has 0 unspecified atom stereocenters. The average molecular weight is 469 g/mol. The molecule has 0 aliphatic carbocycles. The summed E-state index contributed by atoms with van der Waals surface area (Å²) in [4.78, 5) is 28.5. The molecule has 5 nitrogen and oxygen atoms in total. The molecule has 0 saturated heterocycles. The molecule has 0 fully saturated rings. The summed E-state index contributed by atoms with van der Waals surface area (Å²) in [6.07, 6.45) is 0. The Bertz CT molecular complexity index is 1470. The number of methoxy groups -OCH3 is 1. The van der Waals surface area contributed by atoms with E-state index in [0.717, 1.165) is 26.9 Å². The second kappa shape index (κ2) is 8.69. The first kappa shape index (κ1) is 21.7. The Hall–Kier alpha value is -4.09. The van der Waals surface area contributed by atoms with E-state index in [0.29, 0.717) is 27.6 Å². The van der Waals surface area contributed by atoms with Gasteiger partial charge in [-0.05, 0) is 42.1 Å². The number of rotatable bonds is 5. The molecule has 5 rings (SSSR count). The van der Waals surface area contributed by atoms with Gasteiger partial charge in [-0.1, -0.05) is 77.8 Å². The van der Waals surface area contributed by atoms with Crippen molar-refractivity contribution >= 4 is 51.1 Å². The molecule has 1 aliphatic heterocycles.